The van der Waals surface area contributed by atoms with Crippen LogP contribution in [0.25, 0.3) is 22.0 Å². The van der Waals surface area contributed by atoms with E-state index >= 15 is 0 Å². The maximum Gasteiger partial charge on any atom is 0.222 e. The normalized spacial score (nSPS) is 10.8. The molecule has 4 aromatic rings. The number of hydrogen-bond acceptors (Lipinski definition) is 5. The predicted molar refractivity (Wildman–Crippen MR) is 110 cm³/mol. The topological polar surface area (TPSA) is 76.7 Å². The van der Waals surface area contributed by atoms with Crippen molar-refractivity contribution in [2.24, 2.45) is 0 Å². The molecule has 5 nitrogen and oxygen atoms in total. The Bertz CT molecular complexity index is 1120. The van der Waals surface area contributed by atoms with Gasteiger partial charge >= 0.3 is 0 Å². The Morgan fingerprint density at radius 2 is 1.81 bits per heavy atom. The van der Waals surface area contributed by atoms with E-state index in [1.807, 2.05) is 54.6 Å². The summed E-state index contributed by atoms with van der Waals surface area (Å²) in [7, 11) is 0. The maximum absolute atomic E-state index is 6.02. The minimum absolute atomic E-state index is 0.217. The zero-order valence-corrected chi connectivity index (χ0v) is 15.8. The molecule has 4 rings (SSSR count). The second-order valence-electron chi connectivity index (χ2n) is 5.66. The van der Waals surface area contributed by atoms with Crippen molar-refractivity contribution in [3.05, 3.63) is 70.4 Å². The number of benzene rings is 2. The molecule has 3 N–H and O–H groups in total. The first kappa shape index (κ1) is 16.8. The molecule has 2 aromatic carbocycles. The summed E-state index contributed by atoms with van der Waals surface area (Å²) in [6.45, 7) is 0. The van der Waals surface area contributed by atoms with Crippen molar-refractivity contribution in [3.8, 4) is 11.1 Å². The Morgan fingerprint density at radius 3 is 2.62 bits per heavy atom. The van der Waals surface area contributed by atoms with Crippen LogP contribution in [-0.2, 0) is 0 Å². The van der Waals surface area contributed by atoms with Gasteiger partial charge in [-0.15, -0.1) is 0 Å². The average molecular weight is 427 g/mol. The van der Waals surface area contributed by atoms with E-state index in [1.165, 1.54) is 0 Å². The molecular formula is C19H13BrClN5. The molecule has 128 valence electrons. The van der Waals surface area contributed by atoms with E-state index in [2.05, 4.69) is 36.2 Å². The number of nitrogens with one attached hydrogen (secondary N) is 1. The van der Waals surface area contributed by atoms with Gasteiger partial charge in [-0.05, 0) is 53.6 Å². The molecule has 2 aromatic heterocycles. The van der Waals surface area contributed by atoms with Crippen LogP contribution < -0.4 is 11.1 Å². The minimum Gasteiger partial charge on any atom is -0.368 e. The van der Waals surface area contributed by atoms with Crippen LogP contribution in [0.5, 0.6) is 0 Å². The molecule has 0 aliphatic heterocycles. The molecule has 0 spiro atoms. The molecule has 0 amide bonds. The second-order valence-corrected chi connectivity index (χ2v) is 6.97. The third-order valence-electron chi connectivity index (χ3n) is 3.86. The van der Waals surface area contributed by atoms with E-state index in [0.29, 0.717) is 11.0 Å². The fourth-order valence-electron chi connectivity index (χ4n) is 2.71. The van der Waals surface area contributed by atoms with Crippen molar-refractivity contribution in [1.29, 1.82) is 0 Å². The van der Waals surface area contributed by atoms with Crippen molar-refractivity contribution in [2.45, 2.75) is 0 Å². The summed E-state index contributed by atoms with van der Waals surface area (Å²) >= 11 is 9.49. The lowest BCUT2D eigenvalue weighted by atomic mass is 10.0. The standard InChI is InChI=1S/C19H13BrClN5/c20-13-2-1-3-14(10-13)24-18-15-8-11(12-6-7-23-17(21)9-12)4-5-16(15)25-19(22)26-18/h1-10H,(H3,22,24,25,26). The van der Waals surface area contributed by atoms with Crippen molar-refractivity contribution in [3.63, 3.8) is 0 Å². The number of rotatable bonds is 3. The molecule has 0 unspecified atom stereocenters. The van der Waals surface area contributed by atoms with Crippen LogP contribution in [0, 0.1) is 0 Å². The number of fused-ring (bicyclic) bond motifs is 1. The molecule has 26 heavy (non-hydrogen) atoms. The monoisotopic (exact) mass is 425 g/mol. The van der Waals surface area contributed by atoms with Gasteiger partial charge in [-0.1, -0.05) is 39.7 Å². The summed E-state index contributed by atoms with van der Waals surface area (Å²) in [5, 5.41) is 4.63. The quantitative estimate of drug-likeness (QED) is 0.427. The van der Waals surface area contributed by atoms with E-state index in [9.17, 15) is 0 Å². The first-order valence-electron chi connectivity index (χ1n) is 7.80. The van der Waals surface area contributed by atoms with Gasteiger partial charge in [0.15, 0.2) is 0 Å². The molecule has 7 heteroatoms. The van der Waals surface area contributed by atoms with Crippen LogP contribution in [0.15, 0.2) is 65.3 Å². The lowest BCUT2D eigenvalue weighted by Crippen LogP contribution is -2.01. The Labute approximate surface area is 163 Å². The van der Waals surface area contributed by atoms with Crippen molar-refractivity contribution < 1.29 is 0 Å². The lowest BCUT2D eigenvalue weighted by Gasteiger charge is -2.11. The SMILES string of the molecule is Nc1nc(Nc2cccc(Br)c2)c2cc(-c3ccnc(Cl)c3)ccc2n1. The number of pyridine rings is 1. The molecule has 0 fully saturated rings. The average Bonchev–Trinajstić information content (AvgIpc) is 2.61. The van der Waals surface area contributed by atoms with Gasteiger partial charge in [-0.3, -0.25) is 0 Å². The van der Waals surface area contributed by atoms with Crippen LogP contribution in [0.1, 0.15) is 0 Å². The maximum atomic E-state index is 6.02. The molecule has 0 bridgehead atoms. The summed E-state index contributed by atoms with van der Waals surface area (Å²) in [6.07, 6.45) is 1.68. The van der Waals surface area contributed by atoms with E-state index in [4.69, 9.17) is 17.3 Å². The lowest BCUT2D eigenvalue weighted by molar-refractivity contribution is 1.23. The summed E-state index contributed by atoms with van der Waals surface area (Å²) in [5.74, 6) is 0.863. The van der Waals surface area contributed by atoms with Gasteiger partial charge in [0.1, 0.15) is 11.0 Å². The highest BCUT2D eigenvalue weighted by Gasteiger charge is 2.09. The van der Waals surface area contributed by atoms with Crippen LogP contribution in [0.3, 0.4) is 0 Å². The molecule has 0 aliphatic rings. The zero-order valence-electron chi connectivity index (χ0n) is 13.4. The number of aromatic nitrogens is 3. The molecule has 0 aliphatic carbocycles. The molecule has 0 saturated heterocycles. The van der Waals surface area contributed by atoms with E-state index < -0.39 is 0 Å². The van der Waals surface area contributed by atoms with Gasteiger partial charge < -0.3 is 11.1 Å². The van der Waals surface area contributed by atoms with Gasteiger partial charge in [0.25, 0.3) is 0 Å². The van der Waals surface area contributed by atoms with Crippen molar-refractivity contribution in [2.75, 3.05) is 11.1 Å². The molecule has 0 radical (unpaired) electrons. The van der Waals surface area contributed by atoms with E-state index in [-0.39, 0.29) is 5.95 Å². The number of nitrogen functional groups attached to an aromatic ring is 1. The fraction of sp³-hybridized carbons (Fsp3) is 0. The first-order valence-corrected chi connectivity index (χ1v) is 8.97. The molecule has 0 atom stereocenters. The smallest absolute Gasteiger partial charge is 0.222 e. The van der Waals surface area contributed by atoms with Gasteiger partial charge in [0.2, 0.25) is 5.95 Å². The summed E-state index contributed by atoms with van der Waals surface area (Å²) in [5.41, 5.74) is 9.50. The van der Waals surface area contributed by atoms with Gasteiger partial charge in [-0.25, -0.2) is 9.97 Å². The Morgan fingerprint density at radius 1 is 0.962 bits per heavy atom. The highest BCUT2D eigenvalue weighted by atomic mass is 79.9. The highest BCUT2D eigenvalue weighted by Crippen LogP contribution is 2.30. The first-order chi connectivity index (χ1) is 12.6. The Balaban J connectivity index is 1.84. The van der Waals surface area contributed by atoms with Crippen molar-refractivity contribution >= 4 is 55.9 Å². The van der Waals surface area contributed by atoms with Crippen LogP contribution in [-0.4, -0.2) is 15.0 Å². The third kappa shape index (κ3) is 3.47. The largest absolute Gasteiger partial charge is 0.368 e. The third-order valence-corrected chi connectivity index (χ3v) is 4.56. The number of nitrogens with zero attached hydrogens (tertiary/aromatic N) is 3. The minimum atomic E-state index is 0.217. The van der Waals surface area contributed by atoms with Gasteiger partial charge in [-0.2, -0.15) is 4.98 Å². The van der Waals surface area contributed by atoms with Crippen LogP contribution in [0.2, 0.25) is 5.15 Å². The van der Waals surface area contributed by atoms with Gasteiger partial charge in [0, 0.05) is 21.7 Å². The van der Waals surface area contributed by atoms with Gasteiger partial charge in [0.05, 0.1) is 5.52 Å². The molecule has 2 heterocycles. The van der Waals surface area contributed by atoms with E-state index in [0.717, 1.165) is 32.2 Å². The fourth-order valence-corrected chi connectivity index (χ4v) is 3.28. The van der Waals surface area contributed by atoms with Crippen LogP contribution >= 0.6 is 27.5 Å². The van der Waals surface area contributed by atoms with E-state index in [1.54, 1.807) is 6.20 Å². The second kappa shape index (κ2) is 6.90. The summed E-state index contributed by atoms with van der Waals surface area (Å²) in [4.78, 5) is 12.7. The Hall–Kier alpha value is -2.70. The highest BCUT2D eigenvalue weighted by molar-refractivity contribution is 9.10. The predicted octanol–water partition coefficient (Wildman–Crippen LogP) is 5.43. The number of hydrogen-bond donors (Lipinski definition) is 2. The summed E-state index contributed by atoms with van der Waals surface area (Å²) < 4.78 is 0.973. The number of halogens is 2. The van der Waals surface area contributed by atoms with Crippen molar-refractivity contribution in [1.82, 2.24) is 15.0 Å². The van der Waals surface area contributed by atoms with Crippen LogP contribution in [0.4, 0.5) is 17.5 Å². The number of anilines is 3. The zero-order chi connectivity index (χ0) is 18.1. The molecule has 0 saturated carbocycles. The number of nitrogens with two attached hydrogens (primary N) is 1. The summed E-state index contributed by atoms with van der Waals surface area (Å²) in [6, 6.07) is 17.5. The molecular weight excluding hydrogens is 414 g/mol. The Kier molecular flexibility index (Phi) is 4.44.